The van der Waals surface area contributed by atoms with Crippen molar-refractivity contribution in [3.8, 4) is 0 Å². The van der Waals surface area contributed by atoms with Crippen molar-refractivity contribution in [1.82, 2.24) is 5.32 Å². The first-order chi connectivity index (χ1) is 10.3. The van der Waals surface area contributed by atoms with Gasteiger partial charge in [-0.05, 0) is 39.0 Å². The second-order valence-corrected chi connectivity index (χ2v) is 4.99. The van der Waals surface area contributed by atoms with Gasteiger partial charge >= 0.3 is 5.69 Å². The van der Waals surface area contributed by atoms with E-state index in [1.807, 2.05) is 6.07 Å². The van der Waals surface area contributed by atoms with Crippen molar-refractivity contribution in [3.05, 3.63) is 62.8 Å². The Balaban J connectivity index is 2.20. The van der Waals surface area contributed by atoms with Crippen LogP contribution in [0.25, 0.3) is 0 Å². The van der Waals surface area contributed by atoms with E-state index in [1.54, 1.807) is 20.8 Å². The van der Waals surface area contributed by atoms with E-state index < -0.39 is 22.3 Å². The number of nitrogens with zero attached hydrogens (tertiary/aromatic N) is 1. The molecule has 6 nitrogen and oxygen atoms in total. The molecule has 1 heterocycles. The van der Waals surface area contributed by atoms with Gasteiger partial charge in [-0.1, -0.05) is 0 Å². The summed E-state index contributed by atoms with van der Waals surface area (Å²) in [6.45, 7) is 5.36. The van der Waals surface area contributed by atoms with Crippen LogP contribution in [-0.4, -0.2) is 10.8 Å². The maximum absolute atomic E-state index is 13.3. The molecule has 2 aromatic rings. The van der Waals surface area contributed by atoms with Crippen molar-refractivity contribution in [2.75, 3.05) is 0 Å². The first kappa shape index (κ1) is 15.7. The summed E-state index contributed by atoms with van der Waals surface area (Å²) < 4.78 is 18.7. The summed E-state index contributed by atoms with van der Waals surface area (Å²) in [7, 11) is 0. The second-order valence-electron chi connectivity index (χ2n) is 4.99. The summed E-state index contributed by atoms with van der Waals surface area (Å²) in [5.74, 6) is -0.0776. The molecule has 0 spiro atoms. The molecule has 0 radical (unpaired) electrons. The average Bonchev–Trinajstić information content (AvgIpc) is 2.77. The fourth-order valence-corrected chi connectivity index (χ4v) is 2.23. The zero-order chi connectivity index (χ0) is 16.4. The number of furan rings is 1. The maximum Gasteiger partial charge on any atom is 0.305 e. The van der Waals surface area contributed by atoms with Crippen LogP contribution in [0.1, 0.15) is 40.4 Å². The molecule has 1 unspecified atom stereocenters. The Hall–Kier alpha value is -2.70. The van der Waals surface area contributed by atoms with Crippen LogP contribution in [0.15, 0.2) is 28.7 Å². The van der Waals surface area contributed by atoms with Crippen LogP contribution in [0, 0.1) is 29.8 Å². The molecule has 0 saturated carbocycles. The van der Waals surface area contributed by atoms with Crippen LogP contribution in [-0.2, 0) is 0 Å². The van der Waals surface area contributed by atoms with Gasteiger partial charge in [0.15, 0.2) is 0 Å². The molecular formula is C15H15FN2O4. The molecule has 7 heteroatoms. The highest BCUT2D eigenvalue weighted by Gasteiger charge is 2.20. The molecule has 0 saturated heterocycles. The van der Waals surface area contributed by atoms with Crippen molar-refractivity contribution in [1.29, 1.82) is 0 Å². The van der Waals surface area contributed by atoms with E-state index >= 15 is 0 Å². The third-order valence-corrected chi connectivity index (χ3v) is 3.30. The Morgan fingerprint density at radius 2 is 2.05 bits per heavy atom. The third kappa shape index (κ3) is 3.13. The molecule has 0 bridgehead atoms. The van der Waals surface area contributed by atoms with E-state index in [-0.39, 0.29) is 11.6 Å². The molecule has 1 aromatic carbocycles. The molecule has 2 rings (SSSR count). The highest BCUT2D eigenvalue weighted by atomic mass is 19.1. The Morgan fingerprint density at radius 3 is 2.59 bits per heavy atom. The second kappa shape index (κ2) is 5.97. The van der Waals surface area contributed by atoms with Crippen molar-refractivity contribution in [3.63, 3.8) is 0 Å². The lowest BCUT2D eigenvalue weighted by Gasteiger charge is -2.13. The molecule has 0 aliphatic heterocycles. The van der Waals surface area contributed by atoms with Crippen LogP contribution in [0.3, 0.4) is 0 Å². The number of hydrogen-bond acceptors (Lipinski definition) is 4. The van der Waals surface area contributed by atoms with Gasteiger partial charge in [-0.2, -0.15) is 4.39 Å². The monoisotopic (exact) mass is 306 g/mol. The number of rotatable bonds is 4. The van der Waals surface area contributed by atoms with Crippen molar-refractivity contribution in [2.24, 2.45) is 0 Å². The Kier molecular flexibility index (Phi) is 4.25. The van der Waals surface area contributed by atoms with Gasteiger partial charge in [-0.3, -0.25) is 14.9 Å². The number of amides is 1. The summed E-state index contributed by atoms with van der Waals surface area (Å²) in [6, 6.07) is 4.51. The van der Waals surface area contributed by atoms with Crippen LogP contribution in [0.4, 0.5) is 10.1 Å². The van der Waals surface area contributed by atoms with Crippen LogP contribution < -0.4 is 5.32 Å². The molecule has 1 amide bonds. The average molecular weight is 306 g/mol. The standard InChI is InChI=1S/C15H15FN2O4/c1-8-6-12(10(3)22-8)9(2)17-15(19)11-4-5-13(16)14(7-11)18(20)21/h4-7,9H,1-3H3,(H,17,19). The highest BCUT2D eigenvalue weighted by molar-refractivity contribution is 5.95. The lowest BCUT2D eigenvalue weighted by Crippen LogP contribution is -2.26. The number of carbonyl (C=O) groups excluding carboxylic acids is 1. The minimum atomic E-state index is -0.976. The van der Waals surface area contributed by atoms with Crippen molar-refractivity contribution in [2.45, 2.75) is 26.8 Å². The predicted molar refractivity (Wildman–Crippen MR) is 77.1 cm³/mol. The number of hydrogen-bond donors (Lipinski definition) is 1. The molecule has 1 aromatic heterocycles. The maximum atomic E-state index is 13.3. The van der Waals surface area contributed by atoms with E-state index in [0.29, 0.717) is 5.76 Å². The number of carbonyl (C=O) groups is 1. The van der Waals surface area contributed by atoms with E-state index in [1.165, 1.54) is 6.07 Å². The first-order valence-electron chi connectivity index (χ1n) is 6.61. The predicted octanol–water partition coefficient (Wildman–Crippen LogP) is 3.43. The molecule has 0 aliphatic carbocycles. The van der Waals surface area contributed by atoms with Crippen LogP contribution in [0.5, 0.6) is 0 Å². The fraction of sp³-hybridized carbons (Fsp3) is 0.267. The topological polar surface area (TPSA) is 85.4 Å². The number of benzene rings is 1. The Bertz CT molecular complexity index is 739. The largest absolute Gasteiger partial charge is 0.466 e. The summed E-state index contributed by atoms with van der Waals surface area (Å²) in [6.07, 6.45) is 0. The molecular weight excluding hydrogens is 291 g/mol. The minimum absolute atomic E-state index is 0.0258. The Morgan fingerprint density at radius 1 is 1.36 bits per heavy atom. The highest BCUT2D eigenvalue weighted by Crippen LogP contribution is 2.23. The molecule has 0 fully saturated rings. The van der Waals surface area contributed by atoms with Gasteiger partial charge in [0.05, 0.1) is 11.0 Å². The number of nitro benzene ring substituents is 1. The van der Waals surface area contributed by atoms with Crippen molar-refractivity contribution < 1.29 is 18.5 Å². The third-order valence-electron chi connectivity index (χ3n) is 3.30. The fourth-order valence-electron chi connectivity index (χ4n) is 2.23. The van der Waals surface area contributed by atoms with Gasteiger partial charge in [-0.15, -0.1) is 0 Å². The van der Waals surface area contributed by atoms with Crippen molar-refractivity contribution >= 4 is 11.6 Å². The van der Waals surface area contributed by atoms with Crippen LogP contribution in [0.2, 0.25) is 0 Å². The molecule has 1 atom stereocenters. The summed E-state index contributed by atoms with van der Waals surface area (Å²) in [5.41, 5.74) is 0.121. The van der Waals surface area contributed by atoms with Gasteiger partial charge in [0, 0.05) is 17.2 Å². The normalized spacial score (nSPS) is 12.0. The van der Waals surface area contributed by atoms with Gasteiger partial charge in [0.1, 0.15) is 11.5 Å². The number of aryl methyl sites for hydroxylation is 2. The summed E-state index contributed by atoms with van der Waals surface area (Å²) in [4.78, 5) is 22.0. The lowest BCUT2D eigenvalue weighted by molar-refractivity contribution is -0.387. The quantitative estimate of drug-likeness (QED) is 0.692. The molecule has 116 valence electrons. The first-order valence-corrected chi connectivity index (χ1v) is 6.61. The summed E-state index contributed by atoms with van der Waals surface area (Å²) >= 11 is 0. The smallest absolute Gasteiger partial charge is 0.305 e. The van der Waals surface area contributed by atoms with E-state index in [9.17, 15) is 19.3 Å². The van der Waals surface area contributed by atoms with Gasteiger partial charge in [0.2, 0.25) is 5.82 Å². The SMILES string of the molecule is Cc1cc(C(C)NC(=O)c2ccc(F)c([N+](=O)[O-])c2)c(C)o1. The Labute approximate surface area is 126 Å². The van der Waals surface area contributed by atoms with E-state index in [4.69, 9.17) is 4.42 Å². The number of nitro groups is 1. The zero-order valence-electron chi connectivity index (χ0n) is 12.3. The molecule has 1 N–H and O–H groups in total. The van der Waals surface area contributed by atoms with E-state index in [0.717, 1.165) is 23.5 Å². The summed E-state index contributed by atoms with van der Waals surface area (Å²) in [5, 5.41) is 13.4. The van der Waals surface area contributed by atoms with Gasteiger partial charge < -0.3 is 9.73 Å². The van der Waals surface area contributed by atoms with Crippen LogP contribution >= 0.6 is 0 Å². The van der Waals surface area contributed by atoms with Gasteiger partial charge in [0.25, 0.3) is 5.91 Å². The minimum Gasteiger partial charge on any atom is -0.466 e. The van der Waals surface area contributed by atoms with E-state index in [2.05, 4.69) is 5.32 Å². The molecule has 22 heavy (non-hydrogen) atoms. The number of nitrogens with one attached hydrogen (secondary N) is 1. The lowest BCUT2D eigenvalue weighted by atomic mass is 10.1. The zero-order valence-corrected chi connectivity index (χ0v) is 12.3. The molecule has 0 aliphatic rings. The van der Waals surface area contributed by atoms with Gasteiger partial charge in [-0.25, -0.2) is 0 Å². The number of halogens is 1.